The van der Waals surface area contributed by atoms with E-state index in [-0.39, 0.29) is 6.04 Å². The molecule has 0 radical (unpaired) electrons. The zero-order valence-corrected chi connectivity index (χ0v) is 16.4. The van der Waals surface area contributed by atoms with Gasteiger partial charge in [-0.3, -0.25) is 0 Å². The molecule has 3 aromatic carbocycles. The molecule has 0 bridgehead atoms. The fourth-order valence-corrected chi connectivity index (χ4v) is 3.76. The van der Waals surface area contributed by atoms with Crippen LogP contribution in [0.4, 0.5) is 0 Å². The molecule has 0 amide bonds. The van der Waals surface area contributed by atoms with E-state index in [4.69, 9.17) is 0 Å². The van der Waals surface area contributed by atoms with Crippen molar-refractivity contribution in [3.8, 4) is 11.1 Å². The molecule has 2 aromatic heterocycles. The first kappa shape index (κ1) is 18.2. The van der Waals surface area contributed by atoms with Gasteiger partial charge in [-0.05, 0) is 33.2 Å². The molecule has 0 saturated carbocycles. The van der Waals surface area contributed by atoms with Gasteiger partial charge in [0.15, 0.2) is 5.65 Å². The number of rotatable bonds is 6. The summed E-state index contributed by atoms with van der Waals surface area (Å²) in [4.78, 5) is 0. The largest absolute Gasteiger partial charge is 0.302 e. The third-order valence-electron chi connectivity index (χ3n) is 5.24. The van der Waals surface area contributed by atoms with Crippen LogP contribution in [-0.2, 0) is 6.54 Å². The number of nitrogens with zero attached hydrogens (tertiary/aromatic N) is 4. The van der Waals surface area contributed by atoms with E-state index in [0.717, 1.165) is 22.3 Å². The van der Waals surface area contributed by atoms with Gasteiger partial charge in [0.2, 0.25) is 0 Å². The van der Waals surface area contributed by atoms with Gasteiger partial charge in [-0.15, -0.1) is 5.10 Å². The van der Waals surface area contributed by atoms with Crippen LogP contribution in [0.5, 0.6) is 0 Å². The monoisotopic (exact) mass is 391 g/mol. The quantitative estimate of drug-likeness (QED) is 0.457. The first-order valence-electron chi connectivity index (χ1n) is 9.98. The summed E-state index contributed by atoms with van der Waals surface area (Å²) in [5, 5.41) is 16.0. The lowest BCUT2D eigenvalue weighted by molar-refractivity contribution is 0.605. The van der Waals surface area contributed by atoms with Crippen LogP contribution in [0.1, 0.15) is 22.7 Å². The molecule has 1 N–H and O–H groups in total. The van der Waals surface area contributed by atoms with E-state index < -0.39 is 0 Å². The predicted octanol–water partition coefficient (Wildman–Crippen LogP) is 4.67. The van der Waals surface area contributed by atoms with Gasteiger partial charge in [-0.1, -0.05) is 91.0 Å². The SMILES string of the molecule is c1ccc(-c2cc(CNC(c3ccccc3)c3ccccc3)c3nnnn3c2)cc1. The summed E-state index contributed by atoms with van der Waals surface area (Å²) in [6, 6.07) is 33.5. The number of pyridine rings is 1. The van der Waals surface area contributed by atoms with Crippen molar-refractivity contribution in [2.75, 3.05) is 0 Å². The summed E-state index contributed by atoms with van der Waals surface area (Å²) in [5.74, 6) is 0. The van der Waals surface area contributed by atoms with Crippen LogP contribution in [0, 0.1) is 0 Å². The van der Waals surface area contributed by atoms with E-state index in [1.807, 2.05) is 36.5 Å². The Morgan fingerprint density at radius 3 is 1.97 bits per heavy atom. The second-order valence-electron chi connectivity index (χ2n) is 7.20. The summed E-state index contributed by atoms with van der Waals surface area (Å²) in [6.45, 7) is 0.638. The zero-order chi connectivity index (χ0) is 20.2. The predicted molar refractivity (Wildman–Crippen MR) is 118 cm³/mol. The molecule has 0 unspecified atom stereocenters. The Labute approximate surface area is 175 Å². The van der Waals surface area contributed by atoms with Crippen LogP contribution in [-0.4, -0.2) is 20.0 Å². The van der Waals surface area contributed by atoms with Crippen molar-refractivity contribution in [2.24, 2.45) is 0 Å². The van der Waals surface area contributed by atoms with Crippen molar-refractivity contribution < 1.29 is 0 Å². The van der Waals surface area contributed by atoms with Gasteiger partial charge in [0.25, 0.3) is 0 Å². The highest BCUT2D eigenvalue weighted by Gasteiger charge is 2.15. The number of hydrogen-bond donors (Lipinski definition) is 1. The number of tetrazole rings is 1. The highest BCUT2D eigenvalue weighted by Crippen LogP contribution is 2.25. The topological polar surface area (TPSA) is 55.1 Å². The average molecular weight is 391 g/mol. The van der Waals surface area contributed by atoms with E-state index in [9.17, 15) is 0 Å². The van der Waals surface area contributed by atoms with Gasteiger partial charge in [-0.2, -0.15) is 4.52 Å². The molecule has 0 fully saturated rings. The molecule has 5 aromatic rings. The summed E-state index contributed by atoms with van der Waals surface area (Å²) in [7, 11) is 0. The minimum atomic E-state index is 0.0729. The zero-order valence-electron chi connectivity index (χ0n) is 16.4. The standard InChI is InChI=1S/C25H21N5/c1-4-10-19(11-5-1)23-16-22(25-27-28-29-30(25)18-23)17-26-24(20-12-6-2-7-13-20)21-14-8-3-9-15-21/h1-16,18,24,26H,17H2. The fourth-order valence-electron chi connectivity index (χ4n) is 3.76. The molecule has 5 nitrogen and oxygen atoms in total. The second kappa shape index (κ2) is 8.27. The van der Waals surface area contributed by atoms with Gasteiger partial charge in [0.1, 0.15) is 0 Å². The molecule has 0 spiro atoms. The maximum absolute atomic E-state index is 4.24. The van der Waals surface area contributed by atoms with Crippen LogP contribution < -0.4 is 5.32 Å². The lowest BCUT2D eigenvalue weighted by Gasteiger charge is -2.20. The Bertz CT molecular complexity index is 1190. The van der Waals surface area contributed by atoms with Gasteiger partial charge < -0.3 is 5.32 Å². The van der Waals surface area contributed by atoms with Crippen LogP contribution >= 0.6 is 0 Å². The third kappa shape index (κ3) is 3.71. The molecule has 0 aliphatic rings. The minimum Gasteiger partial charge on any atom is -0.302 e. The highest BCUT2D eigenvalue weighted by atomic mass is 15.5. The molecule has 0 aliphatic heterocycles. The van der Waals surface area contributed by atoms with Crippen LogP contribution in [0.25, 0.3) is 16.8 Å². The highest BCUT2D eigenvalue weighted by molar-refractivity contribution is 5.66. The molecule has 0 aliphatic carbocycles. The molecule has 0 saturated heterocycles. The maximum Gasteiger partial charge on any atom is 0.183 e. The van der Waals surface area contributed by atoms with Crippen molar-refractivity contribution >= 4 is 5.65 Å². The molecule has 5 rings (SSSR count). The first-order chi connectivity index (χ1) is 14.9. The molecular formula is C25H21N5. The summed E-state index contributed by atoms with van der Waals surface area (Å²) in [6.07, 6.45) is 1.97. The Hall–Kier alpha value is -3.83. The number of hydrogen-bond acceptors (Lipinski definition) is 4. The number of aromatic nitrogens is 4. The van der Waals surface area contributed by atoms with Gasteiger partial charge in [0, 0.05) is 23.9 Å². The maximum atomic E-state index is 4.24. The third-order valence-corrected chi connectivity index (χ3v) is 5.24. The van der Waals surface area contributed by atoms with Crippen LogP contribution in [0.2, 0.25) is 0 Å². The minimum absolute atomic E-state index is 0.0729. The normalized spacial score (nSPS) is 11.2. The molecular weight excluding hydrogens is 370 g/mol. The van der Waals surface area contributed by atoms with E-state index in [1.54, 1.807) is 4.52 Å². The molecule has 2 heterocycles. The van der Waals surface area contributed by atoms with E-state index >= 15 is 0 Å². The Balaban J connectivity index is 1.51. The second-order valence-corrected chi connectivity index (χ2v) is 7.20. The summed E-state index contributed by atoms with van der Waals surface area (Å²) < 4.78 is 1.75. The van der Waals surface area contributed by atoms with E-state index in [1.165, 1.54) is 11.1 Å². The lowest BCUT2D eigenvalue weighted by atomic mass is 9.98. The van der Waals surface area contributed by atoms with Crippen molar-refractivity contribution in [1.29, 1.82) is 0 Å². The van der Waals surface area contributed by atoms with Gasteiger partial charge in [0.05, 0.1) is 6.04 Å². The van der Waals surface area contributed by atoms with E-state index in [2.05, 4.69) is 87.6 Å². The van der Waals surface area contributed by atoms with Crippen LogP contribution in [0.15, 0.2) is 103 Å². The summed E-state index contributed by atoms with van der Waals surface area (Å²) in [5.41, 5.74) is 6.49. The summed E-state index contributed by atoms with van der Waals surface area (Å²) >= 11 is 0. The molecule has 146 valence electrons. The lowest BCUT2D eigenvalue weighted by Crippen LogP contribution is -2.22. The smallest absolute Gasteiger partial charge is 0.183 e. The van der Waals surface area contributed by atoms with Gasteiger partial charge in [-0.25, -0.2) is 0 Å². The average Bonchev–Trinajstić information content (AvgIpc) is 3.30. The van der Waals surface area contributed by atoms with E-state index in [0.29, 0.717) is 6.54 Å². The van der Waals surface area contributed by atoms with Gasteiger partial charge >= 0.3 is 0 Å². The van der Waals surface area contributed by atoms with Crippen molar-refractivity contribution in [2.45, 2.75) is 12.6 Å². The first-order valence-corrected chi connectivity index (χ1v) is 9.98. The Kier molecular flexibility index (Phi) is 5.02. The Morgan fingerprint density at radius 1 is 0.733 bits per heavy atom. The number of benzene rings is 3. The molecule has 30 heavy (non-hydrogen) atoms. The number of nitrogens with one attached hydrogen (secondary N) is 1. The number of fused-ring (bicyclic) bond motifs is 1. The van der Waals surface area contributed by atoms with Crippen LogP contribution in [0.3, 0.4) is 0 Å². The van der Waals surface area contributed by atoms with Crippen molar-refractivity contribution in [3.63, 3.8) is 0 Å². The molecule has 5 heteroatoms. The van der Waals surface area contributed by atoms with Crippen molar-refractivity contribution in [1.82, 2.24) is 25.4 Å². The molecule has 0 atom stereocenters. The van der Waals surface area contributed by atoms with Crippen molar-refractivity contribution in [3.05, 3.63) is 120 Å². The fraction of sp³-hybridized carbons (Fsp3) is 0.0800. The Morgan fingerprint density at radius 2 is 1.33 bits per heavy atom.